The summed E-state index contributed by atoms with van der Waals surface area (Å²) in [6, 6.07) is 0.805. The topological polar surface area (TPSA) is 35.2 Å². The van der Waals surface area contributed by atoms with Crippen molar-refractivity contribution in [2.24, 2.45) is 5.73 Å². The Morgan fingerprint density at radius 1 is 1.47 bits per heavy atom. The molecule has 1 saturated carbocycles. The van der Waals surface area contributed by atoms with Crippen molar-refractivity contribution in [2.45, 2.75) is 31.2 Å². The lowest BCUT2D eigenvalue weighted by Gasteiger charge is -2.22. The Morgan fingerprint density at radius 3 is 2.47 bits per heavy atom. The number of hydrogen-bond acceptors (Lipinski definition) is 2. The first-order chi connectivity index (χ1) is 7.94. The fraction of sp³-hybridized carbons (Fsp3) is 0.500. The van der Waals surface area contributed by atoms with E-state index in [0.717, 1.165) is 6.07 Å². The lowest BCUT2D eigenvalue weighted by atomic mass is 9.88. The predicted molar refractivity (Wildman–Crippen MR) is 62.5 cm³/mol. The highest BCUT2D eigenvalue weighted by atomic mass is 35.5. The van der Waals surface area contributed by atoms with Gasteiger partial charge in [-0.05, 0) is 19.8 Å². The van der Waals surface area contributed by atoms with Gasteiger partial charge in [-0.25, -0.2) is 8.78 Å². The first-order valence-corrected chi connectivity index (χ1v) is 5.79. The van der Waals surface area contributed by atoms with Crippen LogP contribution < -0.4 is 10.5 Å². The Bertz CT molecular complexity index is 458. The van der Waals surface area contributed by atoms with Crippen molar-refractivity contribution in [3.05, 3.63) is 28.3 Å². The zero-order valence-corrected chi connectivity index (χ0v) is 10.4. The fourth-order valence-electron chi connectivity index (χ4n) is 2.25. The van der Waals surface area contributed by atoms with Crippen LogP contribution in [0.3, 0.4) is 0 Å². The number of rotatable bonds is 3. The largest absolute Gasteiger partial charge is 0.495 e. The van der Waals surface area contributed by atoms with Gasteiger partial charge in [0.1, 0.15) is 16.6 Å². The third kappa shape index (κ3) is 1.79. The Morgan fingerprint density at radius 2 is 2.06 bits per heavy atom. The van der Waals surface area contributed by atoms with Crippen molar-refractivity contribution < 1.29 is 13.5 Å². The first kappa shape index (κ1) is 12.6. The van der Waals surface area contributed by atoms with Gasteiger partial charge in [-0.1, -0.05) is 11.6 Å². The van der Waals surface area contributed by atoms with E-state index in [1.807, 2.05) is 0 Å². The van der Waals surface area contributed by atoms with E-state index in [2.05, 4.69) is 0 Å². The number of halogens is 3. The third-order valence-electron chi connectivity index (χ3n) is 3.50. The van der Waals surface area contributed by atoms with Crippen LogP contribution in [0.5, 0.6) is 5.75 Å². The van der Waals surface area contributed by atoms with Gasteiger partial charge in [0.05, 0.1) is 7.11 Å². The maximum Gasteiger partial charge on any atom is 0.152 e. The molecule has 0 radical (unpaired) electrons. The van der Waals surface area contributed by atoms with Crippen molar-refractivity contribution in [1.82, 2.24) is 0 Å². The van der Waals surface area contributed by atoms with Crippen LogP contribution in [0.2, 0.25) is 5.02 Å². The van der Waals surface area contributed by atoms with Crippen LogP contribution in [0.15, 0.2) is 6.07 Å². The van der Waals surface area contributed by atoms with E-state index in [0.29, 0.717) is 12.8 Å². The van der Waals surface area contributed by atoms with Crippen LogP contribution in [-0.2, 0) is 5.41 Å². The minimum atomic E-state index is -0.752. The molecule has 0 spiro atoms. The first-order valence-electron chi connectivity index (χ1n) is 5.41. The normalized spacial score (nSPS) is 18.9. The maximum absolute atomic E-state index is 14.1. The van der Waals surface area contributed by atoms with E-state index in [1.165, 1.54) is 7.11 Å². The molecule has 1 atom stereocenters. The molecule has 1 fully saturated rings. The second kappa shape index (κ2) is 4.10. The molecule has 0 amide bonds. The second-order valence-electron chi connectivity index (χ2n) is 4.51. The van der Waals surface area contributed by atoms with E-state index in [1.54, 1.807) is 6.92 Å². The second-order valence-corrected chi connectivity index (χ2v) is 4.89. The van der Waals surface area contributed by atoms with Crippen LogP contribution in [-0.4, -0.2) is 13.2 Å². The Hall–Kier alpha value is -0.870. The van der Waals surface area contributed by atoms with Crippen LogP contribution in [0.25, 0.3) is 0 Å². The molecular weight excluding hydrogens is 248 g/mol. The van der Waals surface area contributed by atoms with E-state index < -0.39 is 17.0 Å². The molecule has 1 aliphatic rings. The van der Waals surface area contributed by atoms with Gasteiger partial charge in [0.25, 0.3) is 0 Å². The summed E-state index contributed by atoms with van der Waals surface area (Å²) in [7, 11) is 1.32. The third-order valence-corrected chi connectivity index (χ3v) is 3.86. The van der Waals surface area contributed by atoms with E-state index in [9.17, 15) is 8.78 Å². The molecule has 0 aromatic heterocycles. The van der Waals surface area contributed by atoms with Crippen molar-refractivity contribution in [3.63, 3.8) is 0 Å². The highest BCUT2D eigenvalue weighted by Crippen LogP contribution is 2.53. The average molecular weight is 262 g/mol. The molecule has 17 heavy (non-hydrogen) atoms. The molecule has 2 rings (SSSR count). The molecule has 1 aliphatic carbocycles. The molecule has 1 unspecified atom stereocenters. The van der Waals surface area contributed by atoms with Crippen LogP contribution in [0, 0.1) is 11.6 Å². The summed E-state index contributed by atoms with van der Waals surface area (Å²) in [6.07, 6.45) is 1.36. The van der Waals surface area contributed by atoms with Gasteiger partial charge in [0, 0.05) is 23.1 Å². The summed E-state index contributed by atoms with van der Waals surface area (Å²) < 4.78 is 32.9. The molecule has 5 heteroatoms. The zero-order valence-electron chi connectivity index (χ0n) is 9.69. The molecule has 1 aromatic carbocycles. The average Bonchev–Trinajstić information content (AvgIpc) is 3.05. The minimum absolute atomic E-state index is 0.00157. The van der Waals surface area contributed by atoms with Crippen LogP contribution in [0.4, 0.5) is 8.78 Å². The molecule has 0 saturated heterocycles. The summed E-state index contributed by atoms with van der Waals surface area (Å²) in [4.78, 5) is 0. The maximum atomic E-state index is 14.1. The zero-order chi connectivity index (χ0) is 12.8. The summed E-state index contributed by atoms with van der Waals surface area (Å²) in [5, 5.41) is -0.184. The fourth-order valence-corrected chi connectivity index (χ4v) is 2.47. The Labute approximate surface area is 104 Å². The molecule has 2 nitrogen and oxygen atoms in total. The number of benzene rings is 1. The van der Waals surface area contributed by atoms with Gasteiger partial charge < -0.3 is 10.5 Å². The summed E-state index contributed by atoms with van der Waals surface area (Å²) >= 11 is 5.80. The summed E-state index contributed by atoms with van der Waals surface area (Å²) in [5.74, 6) is -1.39. The highest BCUT2D eigenvalue weighted by Gasteiger charge is 2.51. The van der Waals surface area contributed by atoms with E-state index in [-0.39, 0.29) is 22.4 Å². The number of methoxy groups -OCH3 is 1. The van der Waals surface area contributed by atoms with Gasteiger partial charge in [0.15, 0.2) is 5.82 Å². The molecule has 94 valence electrons. The standard InChI is InChI=1S/C12H14ClF2NO/c1-6(16)12(3-4-12)9-7(14)5-8(17-2)10(13)11(9)15/h5-6H,3-4,16H2,1-2H3. The number of nitrogens with two attached hydrogens (primary N) is 1. The monoisotopic (exact) mass is 261 g/mol. The SMILES string of the molecule is COc1cc(F)c(C2(C(C)N)CC2)c(F)c1Cl. The van der Waals surface area contributed by atoms with E-state index >= 15 is 0 Å². The molecule has 0 bridgehead atoms. The van der Waals surface area contributed by atoms with Gasteiger partial charge in [-0.2, -0.15) is 0 Å². The van der Waals surface area contributed by atoms with Gasteiger partial charge in [-0.3, -0.25) is 0 Å². The molecule has 2 N–H and O–H groups in total. The van der Waals surface area contributed by atoms with Gasteiger partial charge in [-0.15, -0.1) is 0 Å². The van der Waals surface area contributed by atoms with E-state index in [4.69, 9.17) is 22.1 Å². The number of ether oxygens (including phenoxy) is 1. The number of hydrogen-bond donors (Lipinski definition) is 1. The van der Waals surface area contributed by atoms with Crippen molar-refractivity contribution in [1.29, 1.82) is 0 Å². The molecule has 1 aromatic rings. The minimum Gasteiger partial charge on any atom is -0.495 e. The molecule has 0 aliphatic heterocycles. The lowest BCUT2D eigenvalue weighted by Crippen LogP contribution is -2.33. The van der Waals surface area contributed by atoms with Crippen molar-refractivity contribution >= 4 is 11.6 Å². The lowest BCUT2D eigenvalue weighted by molar-refractivity contribution is 0.400. The Balaban J connectivity index is 2.60. The van der Waals surface area contributed by atoms with Gasteiger partial charge in [0.2, 0.25) is 0 Å². The van der Waals surface area contributed by atoms with Gasteiger partial charge >= 0.3 is 0 Å². The highest BCUT2D eigenvalue weighted by molar-refractivity contribution is 6.32. The van der Waals surface area contributed by atoms with Crippen LogP contribution in [0.1, 0.15) is 25.3 Å². The predicted octanol–water partition coefficient (Wildman–Crippen LogP) is 3.01. The quantitative estimate of drug-likeness (QED) is 0.849. The van der Waals surface area contributed by atoms with Crippen molar-refractivity contribution in [3.8, 4) is 5.75 Å². The van der Waals surface area contributed by atoms with Crippen molar-refractivity contribution in [2.75, 3.05) is 7.11 Å². The smallest absolute Gasteiger partial charge is 0.152 e. The summed E-state index contributed by atoms with van der Waals surface area (Å²) in [6.45, 7) is 1.75. The molecular formula is C12H14ClF2NO. The molecule has 0 heterocycles. The van der Waals surface area contributed by atoms with Crippen LogP contribution >= 0.6 is 11.6 Å². The Kier molecular flexibility index (Phi) is 3.04. The summed E-state index contributed by atoms with van der Waals surface area (Å²) in [5.41, 5.74) is 5.21.